The molecule has 1 amide bonds. The first-order valence-electron chi connectivity index (χ1n) is 6.15. The molecule has 1 aromatic rings. The van der Waals surface area contributed by atoms with Crippen LogP contribution >= 0.6 is 11.8 Å². The number of ether oxygens (including phenoxy) is 2. The monoisotopic (exact) mass is 306 g/mol. The van der Waals surface area contributed by atoms with Crippen molar-refractivity contribution in [3.05, 3.63) is 42.7 Å². The first kappa shape index (κ1) is 16.8. The van der Waals surface area contributed by atoms with Crippen LogP contribution in [0.1, 0.15) is 12.5 Å². The number of benzene rings is 1. The highest BCUT2D eigenvalue weighted by molar-refractivity contribution is 8.13. The zero-order valence-corrected chi connectivity index (χ0v) is 13.1. The number of rotatable bonds is 6. The summed E-state index contributed by atoms with van der Waals surface area (Å²) in [6.45, 7) is 5.41. The number of methoxy groups -OCH3 is 1. The Morgan fingerprint density at radius 1 is 1.48 bits per heavy atom. The summed E-state index contributed by atoms with van der Waals surface area (Å²) in [6, 6.07) is 5.43. The molecule has 1 aromatic carbocycles. The van der Waals surface area contributed by atoms with Gasteiger partial charge in [0.2, 0.25) is 6.41 Å². The van der Waals surface area contributed by atoms with Gasteiger partial charge in [-0.05, 0) is 31.4 Å². The standard InChI is InChI=1S/C15H18N2O3S/c1-5-13(20-6-2)12-8-7-11(9-14(12)19-3)17-15(21-4)16-10-18/h5-10H,2H2,1,3-4H3,(H,16,17,18)/b13-5-. The number of thioether (sulfide) groups is 1. The summed E-state index contributed by atoms with van der Waals surface area (Å²) in [5.41, 5.74) is 1.47. The highest BCUT2D eigenvalue weighted by Crippen LogP contribution is 2.31. The van der Waals surface area contributed by atoms with Gasteiger partial charge in [0.05, 0.1) is 24.6 Å². The first-order chi connectivity index (χ1) is 10.2. The Kier molecular flexibility index (Phi) is 7.11. The van der Waals surface area contributed by atoms with Gasteiger partial charge in [0.15, 0.2) is 5.17 Å². The Labute approximate surface area is 128 Å². The number of hydrogen-bond acceptors (Lipinski definition) is 5. The van der Waals surface area contributed by atoms with Gasteiger partial charge in [-0.1, -0.05) is 18.3 Å². The lowest BCUT2D eigenvalue weighted by molar-refractivity contribution is -0.108. The van der Waals surface area contributed by atoms with E-state index in [0.29, 0.717) is 28.8 Å². The smallest absolute Gasteiger partial charge is 0.213 e. The summed E-state index contributed by atoms with van der Waals surface area (Å²) in [6.07, 6.45) is 5.61. The van der Waals surface area contributed by atoms with Crippen molar-refractivity contribution in [1.82, 2.24) is 5.32 Å². The summed E-state index contributed by atoms with van der Waals surface area (Å²) in [5, 5.41) is 3.04. The van der Waals surface area contributed by atoms with Crippen molar-refractivity contribution in [1.29, 1.82) is 0 Å². The maximum absolute atomic E-state index is 10.5. The Hall–Kier alpha value is -2.21. The maximum atomic E-state index is 10.5. The van der Waals surface area contributed by atoms with Crippen LogP contribution in [0.25, 0.3) is 5.76 Å². The molecule has 0 saturated heterocycles. The number of amidine groups is 1. The molecule has 0 aromatic heterocycles. The van der Waals surface area contributed by atoms with Gasteiger partial charge in [-0.3, -0.25) is 4.79 Å². The third kappa shape index (κ3) is 4.68. The molecule has 0 saturated carbocycles. The van der Waals surface area contributed by atoms with E-state index < -0.39 is 0 Å². The predicted molar refractivity (Wildman–Crippen MR) is 87.7 cm³/mol. The van der Waals surface area contributed by atoms with Crippen molar-refractivity contribution in [2.24, 2.45) is 4.99 Å². The molecular weight excluding hydrogens is 288 g/mol. The molecule has 0 radical (unpaired) electrons. The lowest BCUT2D eigenvalue weighted by atomic mass is 10.1. The fraction of sp³-hybridized carbons (Fsp3) is 0.200. The molecule has 0 unspecified atom stereocenters. The van der Waals surface area contributed by atoms with Crippen molar-refractivity contribution in [3.63, 3.8) is 0 Å². The van der Waals surface area contributed by atoms with Crippen molar-refractivity contribution < 1.29 is 14.3 Å². The molecule has 0 bridgehead atoms. The zero-order valence-electron chi connectivity index (χ0n) is 12.3. The molecule has 0 aliphatic rings. The van der Waals surface area contributed by atoms with E-state index >= 15 is 0 Å². The van der Waals surface area contributed by atoms with Crippen LogP contribution in [-0.4, -0.2) is 24.9 Å². The van der Waals surface area contributed by atoms with Crippen LogP contribution in [0.2, 0.25) is 0 Å². The number of carbonyl (C=O) groups is 1. The van der Waals surface area contributed by atoms with Gasteiger partial charge in [0.25, 0.3) is 0 Å². The fourth-order valence-corrected chi connectivity index (χ4v) is 2.00. The number of nitrogens with zero attached hydrogens (tertiary/aromatic N) is 1. The SMILES string of the molecule is C=CO/C(=C\C)c1ccc(N=C(NC=O)SC)cc1OC. The van der Waals surface area contributed by atoms with Crippen LogP contribution < -0.4 is 10.1 Å². The number of aliphatic imine (C=N–C) groups is 1. The van der Waals surface area contributed by atoms with E-state index in [1.54, 1.807) is 13.2 Å². The molecule has 0 spiro atoms. The molecular formula is C15H18N2O3S. The van der Waals surface area contributed by atoms with Crippen LogP contribution in [0.4, 0.5) is 5.69 Å². The molecule has 0 atom stereocenters. The molecule has 0 aliphatic heterocycles. The van der Waals surface area contributed by atoms with Crippen LogP contribution in [0.3, 0.4) is 0 Å². The summed E-state index contributed by atoms with van der Waals surface area (Å²) < 4.78 is 10.7. The molecule has 0 aliphatic carbocycles. The molecule has 112 valence electrons. The second kappa shape index (κ2) is 8.86. The Bertz CT molecular complexity index is 568. The summed E-state index contributed by atoms with van der Waals surface area (Å²) in [7, 11) is 1.58. The molecule has 5 nitrogen and oxygen atoms in total. The largest absolute Gasteiger partial charge is 0.496 e. The second-order valence-corrected chi connectivity index (χ2v) is 4.50. The van der Waals surface area contributed by atoms with Crippen LogP contribution in [0.5, 0.6) is 5.75 Å². The van der Waals surface area contributed by atoms with Gasteiger partial charge in [-0.2, -0.15) is 0 Å². The van der Waals surface area contributed by atoms with Gasteiger partial charge in [0.1, 0.15) is 11.5 Å². The fourth-order valence-electron chi connectivity index (χ4n) is 1.63. The third-order valence-corrected chi connectivity index (χ3v) is 3.13. The predicted octanol–water partition coefficient (Wildman–Crippen LogP) is 3.31. The average Bonchev–Trinajstić information content (AvgIpc) is 2.52. The normalized spacial score (nSPS) is 11.8. The van der Waals surface area contributed by atoms with E-state index in [4.69, 9.17) is 9.47 Å². The number of carbonyl (C=O) groups excluding carboxylic acids is 1. The summed E-state index contributed by atoms with van der Waals surface area (Å²) in [5.74, 6) is 1.27. The van der Waals surface area contributed by atoms with E-state index in [-0.39, 0.29) is 0 Å². The van der Waals surface area contributed by atoms with E-state index in [1.807, 2.05) is 31.4 Å². The number of allylic oxidation sites excluding steroid dienone is 1. The average molecular weight is 306 g/mol. The molecule has 1 rings (SSSR count). The van der Waals surface area contributed by atoms with E-state index in [9.17, 15) is 4.79 Å². The van der Waals surface area contributed by atoms with Gasteiger partial charge in [-0.15, -0.1) is 0 Å². The minimum atomic E-state index is 0.508. The van der Waals surface area contributed by atoms with E-state index in [2.05, 4.69) is 16.9 Å². The van der Waals surface area contributed by atoms with Gasteiger partial charge in [0, 0.05) is 6.07 Å². The quantitative estimate of drug-likeness (QED) is 0.379. The summed E-state index contributed by atoms with van der Waals surface area (Å²) >= 11 is 1.34. The summed E-state index contributed by atoms with van der Waals surface area (Å²) in [4.78, 5) is 14.8. The maximum Gasteiger partial charge on any atom is 0.213 e. The van der Waals surface area contributed by atoms with Crippen molar-refractivity contribution in [2.45, 2.75) is 6.92 Å². The number of amides is 1. The number of hydrogen-bond donors (Lipinski definition) is 1. The molecule has 0 heterocycles. The van der Waals surface area contributed by atoms with Gasteiger partial charge in [-0.25, -0.2) is 4.99 Å². The first-order valence-corrected chi connectivity index (χ1v) is 7.37. The Morgan fingerprint density at radius 3 is 2.76 bits per heavy atom. The van der Waals surface area contributed by atoms with Gasteiger partial charge < -0.3 is 14.8 Å². The molecule has 0 fully saturated rings. The van der Waals surface area contributed by atoms with E-state index in [0.717, 1.165) is 5.56 Å². The lowest BCUT2D eigenvalue weighted by Gasteiger charge is -2.12. The van der Waals surface area contributed by atoms with Crippen LogP contribution in [-0.2, 0) is 9.53 Å². The van der Waals surface area contributed by atoms with Crippen LogP contribution in [0, 0.1) is 0 Å². The minimum Gasteiger partial charge on any atom is -0.496 e. The second-order valence-electron chi connectivity index (χ2n) is 3.71. The molecule has 1 N–H and O–H groups in total. The minimum absolute atomic E-state index is 0.508. The van der Waals surface area contributed by atoms with Crippen molar-refractivity contribution in [2.75, 3.05) is 13.4 Å². The highest BCUT2D eigenvalue weighted by atomic mass is 32.2. The molecule has 21 heavy (non-hydrogen) atoms. The van der Waals surface area contributed by atoms with E-state index in [1.165, 1.54) is 18.0 Å². The molecule has 6 heteroatoms. The topological polar surface area (TPSA) is 59.9 Å². The van der Waals surface area contributed by atoms with Gasteiger partial charge >= 0.3 is 0 Å². The Morgan fingerprint density at radius 2 is 2.24 bits per heavy atom. The zero-order chi connectivity index (χ0) is 15.7. The number of nitrogens with one attached hydrogen (secondary N) is 1. The van der Waals surface area contributed by atoms with Crippen LogP contribution in [0.15, 0.2) is 42.1 Å². The van der Waals surface area contributed by atoms with Crippen molar-refractivity contribution >= 4 is 34.8 Å². The Balaban J connectivity index is 3.19. The lowest BCUT2D eigenvalue weighted by Crippen LogP contribution is -2.17. The third-order valence-electron chi connectivity index (χ3n) is 2.53. The van der Waals surface area contributed by atoms with Crippen molar-refractivity contribution in [3.8, 4) is 5.75 Å². The highest BCUT2D eigenvalue weighted by Gasteiger charge is 2.10.